The quantitative estimate of drug-likeness (QED) is 0.894. The molecule has 0 unspecified atom stereocenters. The van der Waals surface area contributed by atoms with E-state index in [1.807, 2.05) is 36.7 Å². The Morgan fingerprint density at radius 2 is 1.81 bits per heavy atom. The fourth-order valence-corrected chi connectivity index (χ4v) is 4.49. The smallest absolute Gasteiger partial charge is 0.108 e. The molecule has 2 aliphatic rings. The third kappa shape index (κ3) is 4.06. The van der Waals surface area contributed by atoms with Crippen LogP contribution in [-0.2, 0) is 12.1 Å². The highest BCUT2D eigenvalue weighted by atomic mass is 16.3. The van der Waals surface area contributed by atoms with E-state index >= 15 is 0 Å². The maximum Gasteiger partial charge on any atom is 0.108 e. The second kappa shape index (κ2) is 8.07. The van der Waals surface area contributed by atoms with Gasteiger partial charge in [0, 0.05) is 58.2 Å². The monoisotopic (exact) mass is 366 g/mol. The van der Waals surface area contributed by atoms with Gasteiger partial charge in [0.1, 0.15) is 5.60 Å². The Kier molecular flexibility index (Phi) is 5.55. The SMILES string of the molecule is CN1CCN([C@@H]2CN(Cc3cccnc3)CC[C@]2(O)c2ccccc2)CC1. The Morgan fingerprint density at radius 1 is 1.04 bits per heavy atom. The zero-order valence-corrected chi connectivity index (χ0v) is 16.2. The summed E-state index contributed by atoms with van der Waals surface area (Å²) < 4.78 is 0. The predicted molar refractivity (Wildman–Crippen MR) is 107 cm³/mol. The summed E-state index contributed by atoms with van der Waals surface area (Å²) in [5.41, 5.74) is 1.50. The van der Waals surface area contributed by atoms with E-state index in [-0.39, 0.29) is 6.04 Å². The normalized spacial score (nSPS) is 28.3. The average Bonchev–Trinajstić information content (AvgIpc) is 2.72. The predicted octanol–water partition coefficient (Wildman–Crippen LogP) is 1.79. The van der Waals surface area contributed by atoms with E-state index in [0.717, 1.165) is 57.8 Å². The fourth-order valence-electron chi connectivity index (χ4n) is 4.49. The summed E-state index contributed by atoms with van der Waals surface area (Å²) in [5.74, 6) is 0. The third-order valence-electron chi connectivity index (χ3n) is 6.17. The third-order valence-corrected chi connectivity index (χ3v) is 6.17. The molecule has 144 valence electrons. The van der Waals surface area contributed by atoms with Crippen LogP contribution in [0.2, 0.25) is 0 Å². The molecular weight excluding hydrogens is 336 g/mol. The zero-order valence-electron chi connectivity index (χ0n) is 16.2. The van der Waals surface area contributed by atoms with Crippen LogP contribution in [0.15, 0.2) is 54.9 Å². The molecule has 1 N–H and O–H groups in total. The van der Waals surface area contributed by atoms with Crippen LogP contribution in [0.1, 0.15) is 17.5 Å². The molecule has 0 bridgehead atoms. The first-order chi connectivity index (χ1) is 13.1. The molecule has 0 saturated carbocycles. The van der Waals surface area contributed by atoms with Crippen LogP contribution in [0.4, 0.5) is 0 Å². The molecule has 0 spiro atoms. The van der Waals surface area contributed by atoms with Crippen molar-refractivity contribution in [1.29, 1.82) is 0 Å². The first-order valence-electron chi connectivity index (χ1n) is 9.97. The van der Waals surface area contributed by atoms with Crippen molar-refractivity contribution in [1.82, 2.24) is 19.7 Å². The van der Waals surface area contributed by atoms with Crippen molar-refractivity contribution in [3.63, 3.8) is 0 Å². The van der Waals surface area contributed by atoms with E-state index in [4.69, 9.17) is 0 Å². The topological polar surface area (TPSA) is 42.8 Å². The van der Waals surface area contributed by atoms with Crippen molar-refractivity contribution in [2.75, 3.05) is 46.3 Å². The highest BCUT2D eigenvalue weighted by Crippen LogP contribution is 2.36. The standard InChI is InChI=1S/C22H30N4O/c1-24-12-14-26(15-13-24)21-18-25(17-19-6-5-10-23-16-19)11-9-22(21,27)20-7-3-2-4-8-20/h2-8,10,16,21,27H,9,11-15,17-18H2,1H3/t21-,22+/m1/s1. The van der Waals surface area contributed by atoms with Crippen molar-refractivity contribution in [3.8, 4) is 0 Å². The van der Waals surface area contributed by atoms with E-state index in [1.54, 1.807) is 0 Å². The van der Waals surface area contributed by atoms with Crippen molar-refractivity contribution in [3.05, 3.63) is 66.0 Å². The van der Waals surface area contributed by atoms with Crippen molar-refractivity contribution >= 4 is 0 Å². The Morgan fingerprint density at radius 3 is 2.52 bits per heavy atom. The lowest BCUT2D eigenvalue weighted by molar-refractivity contribution is -0.108. The number of piperidine rings is 1. The molecule has 5 heteroatoms. The Labute approximate surface area is 162 Å². The minimum atomic E-state index is -0.789. The van der Waals surface area contributed by atoms with E-state index in [0.29, 0.717) is 0 Å². The van der Waals surface area contributed by atoms with E-state index in [2.05, 4.69) is 44.9 Å². The van der Waals surface area contributed by atoms with Gasteiger partial charge in [0.05, 0.1) is 6.04 Å². The first-order valence-corrected chi connectivity index (χ1v) is 9.97. The molecule has 0 radical (unpaired) electrons. The van der Waals surface area contributed by atoms with Crippen molar-refractivity contribution < 1.29 is 5.11 Å². The zero-order chi connectivity index (χ0) is 18.7. The molecular formula is C22H30N4O. The molecule has 1 aromatic heterocycles. The summed E-state index contributed by atoms with van der Waals surface area (Å²) in [5, 5.41) is 11.8. The van der Waals surface area contributed by atoms with Gasteiger partial charge in [-0.05, 0) is 30.7 Å². The fraction of sp³-hybridized carbons (Fsp3) is 0.500. The molecule has 2 saturated heterocycles. The van der Waals surface area contributed by atoms with Crippen LogP contribution in [0.5, 0.6) is 0 Å². The first kappa shape index (κ1) is 18.6. The van der Waals surface area contributed by atoms with Crippen LogP contribution >= 0.6 is 0 Å². The number of aliphatic hydroxyl groups is 1. The van der Waals surface area contributed by atoms with Crippen molar-refractivity contribution in [2.24, 2.45) is 0 Å². The largest absolute Gasteiger partial charge is 0.383 e. The van der Waals surface area contributed by atoms with Crippen LogP contribution in [0, 0.1) is 0 Å². The molecule has 2 aliphatic heterocycles. The number of hydrogen-bond donors (Lipinski definition) is 1. The molecule has 4 rings (SSSR count). The number of likely N-dealkylation sites (N-methyl/N-ethyl adjacent to an activating group) is 1. The van der Waals surface area contributed by atoms with Crippen LogP contribution in [0.3, 0.4) is 0 Å². The number of piperazine rings is 1. The lowest BCUT2D eigenvalue weighted by Gasteiger charge is -2.51. The molecule has 0 aliphatic carbocycles. The van der Waals surface area contributed by atoms with Gasteiger partial charge in [-0.25, -0.2) is 0 Å². The van der Waals surface area contributed by atoms with E-state index < -0.39 is 5.60 Å². The maximum atomic E-state index is 11.8. The van der Waals surface area contributed by atoms with Gasteiger partial charge in [-0.3, -0.25) is 14.8 Å². The second-order valence-electron chi connectivity index (χ2n) is 7.99. The summed E-state index contributed by atoms with van der Waals surface area (Å²) in [7, 11) is 2.18. The molecule has 27 heavy (non-hydrogen) atoms. The molecule has 2 aromatic rings. The van der Waals surface area contributed by atoms with Crippen molar-refractivity contribution in [2.45, 2.75) is 24.6 Å². The van der Waals surface area contributed by atoms with E-state index in [9.17, 15) is 5.11 Å². The number of rotatable bonds is 4. The lowest BCUT2D eigenvalue weighted by Crippen LogP contribution is -2.63. The molecule has 2 fully saturated rings. The van der Waals surface area contributed by atoms with Gasteiger partial charge in [-0.2, -0.15) is 0 Å². The van der Waals surface area contributed by atoms with Gasteiger partial charge in [-0.15, -0.1) is 0 Å². The van der Waals surface area contributed by atoms with Crippen LogP contribution in [0.25, 0.3) is 0 Å². The lowest BCUT2D eigenvalue weighted by atomic mass is 9.79. The molecule has 3 heterocycles. The van der Waals surface area contributed by atoms with Gasteiger partial charge in [0.25, 0.3) is 0 Å². The number of likely N-dealkylation sites (tertiary alicyclic amines) is 1. The highest BCUT2D eigenvalue weighted by molar-refractivity contribution is 5.26. The molecule has 2 atom stereocenters. The number of hydrogen-bond acceptors (Lipinski definition) is 5. The van der Waals surface area contributed by atoms with Crippen LogP contribution < -0.4 is 0 Å². The summed E-state index contributed by atoms with van der Waals surface area (Å²) in [4.78, 5) is 11.6. The summed E-state index contributed by atoms with van der Waals surface area (Å²) in [6, 6.07) is 14.5. The average molecular weight is 367 g/mol. The van der Waals surface area contributed by atoms with Gasteiger partial charge < -0.3 is 10.0 Å². The van der Waals surface area contributed by atoms with Gasteiger partial charge in [-0.1, -0.05) is 36.4 Å². The summed E-state index contributed by atoms with van der Waals surface area (Å²) in [6.07, 6.45) is 4.53. The Bertz CT molecular complexity index is 718. The number of benzene rings is 1. The molecule has 0 amide bonds. The van der Waals surface area contributed by atoms with E-state index in [1.165, 1.54) is 5.56 Å². The molecule has 5 nitrogen and oxygen atoms in total. The summed E-state index contributed by atoms with van der Waals surface area (Å²) >= 11 is 0. The van der Waals surface area contributed by atoms with Gasteiger partial charge >= 0.3 is 0 Å². The minimum Gasteiger partial charge on any atom is -0.383 e. The number of aromatic nitrogens is 1. The summed E-state index contributed by atoms with van der Waals surface area (Å²) in [6.45, 7) is 6.81. The number of pyridine rings is 1. The van der Waals surface area contributed by atoms with Crippen LogP contribution in [-0.4, -0.2) is 77.1 Å². The van der Waals surface area contributed by atoms with Gasteiger partial charge in [0.2, 0.25) is 0 Å². The van der Waals surface area contributed by atoms with Gasteiger partial charge in [0.15, 0.2) is 0 Å². The number of nitrogens with zero attached hydrogens (tertiary/aromatic N) is 4. The Hall–Kier alpha value is -1.79. The second-order valence-corrected chi connectivity index (χ2v) is 7.99. The minimum absolute atomic E-state index is 0.110. The maximum absolute atomic E-state index is 11.8. The highest BCUT2D eigenvalue weighted by Gasteiger charge is 2.46. The molecule has 1 aromatic carbocycles. The Balaban J connectivity index is 1.57.